The van der Waals surface area contributed by atoms with Gasteiger partial charge in [0.2, 0.25) is 5.88 Å². The summed E-state index contributed by atoms with van der Waals surface area (Å²) in [5, 5.41) is 5.01. The van der Waals surface area contributed by atoms with E-state index in [2.05, 4.69) is 15.1 Å². The van der Waals surface area contributed by atoms with Gasteiger partial charge in [0.1, 0.15) is 16.9 Å². The van der Waals surface area contributed by atoms with E-state index in [9.17, 15) is 0 Å². The van der Waals surface area contributed by atoms with Crippen LogP contribution in [0.5, 0.6) is 5.88 Å². The van der Waals surface area contributed by atoms with Gasteiger partial charge in [0.15, 0.2) is 12.4 Å². The van der Waals surface area contributed by atoms with Crippen LogP contribution < -0.4 is 4.74 Å². The normalized spacial score (nSPS) is 11.0. The number of aromatic nitrogens is 3. The number of thiophene rings is 1. The molecule has 0 saturated carbocycles. The highest BCUT2D eigenvalue weighted by atomic mass is 32.1. The standard InChI is InChI=1S/C17H13N3O2S/c1-11-7-14-16(18-10-19-17(14)23-11)21-9-13-8-15(20-22-13)12-5-3-2-4-6-12/h2-8,10H,9H2,1H3. The van der Waals surface area contributed by atoms with Gasteiger partial charge in [-0.15, -0.1) is 11.3 Å². The van der Waals surface area contributed by atoms with E-state index in [0.29, 0.717) is 11.6 Å². The van der Waals surface area contributed by atoms with Crippen molar-refractivity contribution in [2.75, 3.05) is 0 Å². The summed E-state index contributed by atoms with van der Waals surface area (Å²) in [6.45, 7) is 2.32. The second-order valence-electron chi connectivity index (χ2n) is 5.09. The van der Waals surface area contributed by atoms with Gasteiger partial charge >= 0.3 is 0 Å². The van der Waals surface area contributed by atoms with Crippen LogP contribution in [0.25, 0.3) is 21.5 Å². The van der Waals surface area contributed by atoms with Gasteiger partial charge in [0.05, 0.1) is 5.39 Å². The maximum absolute atomic E-state index is 5.79. The molecule has 23 heavy (non-hydrogen) atoms. The van der Waals surface area contributed by atoms with Crippen molar-refractivity contribution in [1.29, 1.82) is 0 Å². The minimum atomic E-state index is 0.279. The lowest BCUT2D eigenvalue weighted by Gasteiger charge is -2.02. The SMILES string of the molecule is Cc1cc2c(OCc3cc(-c4ccccc4)no3)ncnc2s1. The summed E-state index contributed by atoms with van der Waals surface area (Å²) >= 11 is 1.62. The molecule has 4 rings (SSSR count). The summed E-state index contributed by atoms with van der Waals surface area (Å²) in [5.74, 6) is 1.22. The van der Waals surface area contributed by atoms with Crippen molar-refractivity contribution >= 4 is 21.6 Å². The van der Waals surface area contributed by atoms with Crippen molar-refractivity contribution < 1.29 is 9.26 Å². The molecule has 114 valence electrons. The van der Waals surface area contributed by atoms with Crippen LogP contribution in [0, 0.1) is 6.92 Å². The van der Waals surface area contributed by atoms with E-state index in [1.807, 2.05) is 49.4 Å². The van der Waals surface area contributed by atoms with Crippen molar-refractivity contribution in [2.24, 2.45) is 0 Å². The van der Waals surface area contributed by atoms with Crippen LogP contribution >= 0.6 is 11.3 Å². The number of hydrogen-bond donors (Lipinski definition) is 0. The summed E-state index contributed by atoms with van der Waals surface area (Å²) in [6, 6.07) is 13.8. The monoisotopic (exact) mass is 323 g/mol. The molecule has 0 fully saturated rings. The molecule has 0 saturated heterocycles. The molecule has 0 unspecified atom stereocenters. The molecule has 4 aromatic rings. The number of ether oxygens (including phenoxy) is 1. The lowest BCUT2D eigenvalue weighted by molar-refractivity contribution is 0.244. The molecule has 0 radical (unpaired) electrons. The quantitative estimate of drug-likeness (QED) is 0.562. The molecule has 0 N–H and O–H groups in total. The average molecular weight is 323 g/mol. The second kappa shape index (κ2) is 5.81. The van der Waals surface area contributed by atoms with E-state index >= 15 is 0 Å². The lowest BCUT2D eigenvalue weighted by Crippen LogP contribution is -1.96. The summed E-state index contributed by atoms with van der Waals surface area (Å²) < 4.78 is 11.1. The first-order chi connectivity index (χ1) is 11.3. The van der Waals surface area contributed by atoms with Gasteiger partial charge in [-0.25, -0.2) is 9.97 Å². The van der Waals surface area contributed by atoms with Crippen LogP contribution in [0.2, 0.25) is 0 Å². The van der Waals surface area contributed by atoms with Gasteiger partial charge in [-0.05, 0) is 13.0 Å². The lowest BCUT2D eigenvalue weighted by atomic mass is 10.1. The third-order valence-corrected chi connectivity index (χ3v) is 4.35. The first-order valence-corrected chi connectivity index (χ1v) is 7.96. The molecule has 1 aromatic carbocycles. The Hall–Kier alpha value is -2.73. The van der Waals surface area contributed by atoms with Gasteiger partial charge in [-0.1, -0.05) is 35.5 Å². The van der Waals surface area contributed by atoms with Crippen LogP contribution in [0.4, 0.5) is 0 Å². The maximum Gasteiger partial charge on any atom is 0.225 e. The fourth-order valence-corrected chi connectivity index (χ4v) is 3.17. The number of aryl methyl sites for hydroxylation is 1. The average Bonchev–Trinajstić information content (AvgIpc) is 3.19. The molecule has 0 aliphatic rings. The Balaban J connectivity index is 1.54. The van der Waals surface area contributed by atoms with E-state index in [1.165, 1.54) is 11.2 Å². The Morgan fingerprint density at radius 2 is 2.00 bits per heavy atom. The molecule has 3 heterocycles. The number of hydrogen-bond acceptors (Lipinski definition) is 6. The van der Waals surface area contributed by atoms with E-state index < -0.39 is 0 Å². The van der Waals surface area contributed by atoms with E-state index in [1.54, 1.807) is 11.3 Å². The van der Waals surface area contributed by atoms with Crippen LogP contribution in [-0.2, 0) is 6.61 Å². The Morgan fingerprint density at radius 3 is 2.87 bits per heavy atom. The van der Waals surface area contributed by atoms with Gasteiger partial charge in [0, 0.05) is 16.5 Å². The Kier molecular flexibility index (Phi) is 3.51. The highest BCUT2D eigenvalue weighted by molar-refractivity contribution is 7.18. The molecule has 0 amide bonds. The number of benzene rings is 1. The largest absolute Gasteiger partial charge is 0.469 e. The molecular weight excluding hydrogens is 310 g/mol. The van der Waals surface area contributed by atoms with Crippen LogP contribution in [0.1, 0.15) is 10.6 Å². The van der Waals surface area contributed by atoms with Crippen molar-refractivity contribution in [2.45, 2.75) is 13.5 Å². The van der Waals surface area contributed by atoms with Crippen LogP contribution in [0.3, 0.4) is 0 Å². The third kappa shape index (κ3) is 2.80. The fourth-order valence-electron chi connectivity index (χ4n) is 2.33. The first kappa shape index (κ1) is 13.9. The molecule has 0 aliphatic heterocycles. The predicted molar refractivity (Wildman–Crippen MR) is 88.4 cm³/mol. The number of nitrogens with zero attached hydrogens (tertiary/aromatic N) is 3. The topological polar surface area (TPSA) is 61.0 Å². The van der Waals surface area contributed by atoms with Gasteiger partial charge < -0.3 is 9.26 Å². The summed E-state index contributed by atoms with van der Waals surface area (Å²) in [7, 11) is 0. The van der Waals surface area contributed by atoms with Gasteiger partial charge in [-0.3, -0.25) is 0 Å². The zero-order chi connectivity index (χ0) is 15.6. The van der Waals surface area contributed by atoms with Gasteiger partial charge in [0.25, 0.3) is 0 Å². The van der Waals surface area contributed by atoms with E-state index in [-0.39, 0.29) is 6.61 Å². The molecule has 0 bridgehead atoms. The molecular formula is C17H13N3O2S. The number of rotatable bonds is 4. The zero-order valence-corrected chi connectivity index (χ0v) is 13.2. The first-order valence-electron chi connectivity index (χ1n) is 7.14. The summed E-state index contributed by atoms with van der Waals surface area (Å²) in [6.07, 6.45) is 1.52. The third-order valence-electron chi connectivity index (χ3n) is 3.40. The van der Waals surface area contributed by atoms with E-state index in [0.717, 1.165) is 21.5 Å². The highest BCUT2D eigenvalue weighted by Gasteiger charge is 2.11. The molecule has 6 heteroatoms. The van der Waals surface area contributed by atoms with Crippen molar-refractivity contribution in [3.63, 3.8) is 0 Å². The minimum absolute atomic E-state index is 0.279. The van der Waals surface area contributed by atoms with Crippen molar-refractivity contribution in [1.82, 2.24) is 15.1 Å². The van der Waals surface area contributed by atoms with Crippen LogP contribution in [0.15, 0.2) is 53.3 Å². The molecule has 3 aromatic heterocycles. The Morgan fingerprint density at radius 1 is 1.13 bits per heavy atom. The second-order valence-corrected chi connectivity index (χ2v) is 6.32. The molecule has 5 nitrogen and oxygen atoms in total. The molecule has 0 atom stereocenters. The summed E-state index contributed by atoms with van der Waals surface area (Å²) in [5.41, 5.74) is 1.81. The highest BCUT2D eigenvalue weighted by Crippen LogP contribution is 2.29. The Bertz CT molecular complexity index is 947. The minimum Gasteiger partial charge on any atom is -0.469 e. The van der Waals surface area contributed by atoms with E-state index in [4.69, 9.17) is 9.26 Å². The predicted octanol–water partition coefficient (Wildman–Crippen LogP) is 4.23. The van der Waals surface area contributed by atoms with Gasteiger partial charge in [-0.2, -0.15) is 0 Å². The summed E-state index contributed by atoms with van der Waals surface area (Å²) in [4.78, 5) is 10.6. The zero-order valence-electron chi connectivity index (χ0n) is 12.4. The van der Waals surface area contributed by atoms with Crippen molar-refractivity contribution in [3.8, 4) is 17.1 Å². The molecule has 0 spiro atoms. The van der Waals surface area contributed by atoms with Crippen molar-refractivity contribution in [3.05, 3.63) is 59.4 Å². The molecule has 0 aliphatic carbocycles. The Labute approximate surface area is 136 Å². The van der Waals surface area contributed by atoms with Crippen LogP contribution in [-0.4, -0.2) is 15.1 Å². The smallest absolute Gasteiger partial charge is 0.225 e. The maximum atomic E-state index is 5.79. The fraction of sp³-hybridized carbons (Fsp3) is 0.118. The number of fused-ring (bicyclic) bond motifs is 1.